The third-order valence-electron chi connectivity index (χ3n) is 4.25. The van der Waals surface area contributed by atoms with Crippen LogP contribution >= 0.6 is 0 Å². The molecule has 0 aromatic heterocycles. The molecule has 2 amide bonds. The van der Waals surface area contributed by atoms with Crippen LogP contribution in [0, 0.1) is 0 Å². The Hall–Kier alpha value is -1.30. The van der Waals surface area contributed by atoms with E-state index in [1.165, 1.54) is 0 Å². The summed E-state index contributed by atoms with van der Waals surface area (Å²) in [7, 11) is 1.65. The molecule has 0 radical (unpaired) electrons. The standard InChI is InChI=1S/C18H35N3O3/c1-14(20-11-10-16(22)19-5)13-15-9-7-6-8-12-21(15)17(23)24-18(2,3)4/h14-15,20H,6-13H2,1-5H3,(H,19,22). The Morgan fingerprint density at radius 1 is 1.25 bits per heavy atom. The normalized spacial score (nSPS) is 20.2. The van der Waals surface area contributed by atoms with Crippen LogP contribution in [0.1, 0.15) is 66.2 Å². The lowest BCUT2D eigenvalue weighted by Crippen LogP contribution is -2.46. The van der Waals surface area contributed by atoms with Gasteiger partial charge in [-0.15, -0.1) is 0 Å². The smallest absolute Gasteiger partial charge is 0.410 e. The van der Waals surface area contributed by atoms with Gasteiger partial charge in [-0.2, -0.15) is 0 Å². The largest absolute Gasteiger partial charge is 0.444 e. The SMILES string of the molecule is CNC(=O)CCNC(C)CC1CCCCCN1C(=O)OC(C)(C)C. The molecule has 1 heterocycles. The molecule has 1 aliphatic rings. The second-order valence-corrected chi connectivity index (χ2v) is 7.69. The van der Waals surface area contributed by atoms with Gasteiger partial charge in [-0.25, -0.2) is 4.79 Å². The van der Waals surface area contributed by atoms with Crippen LogP contribution in [0.4, 0.5) is 4.79 Å². The van der Waals surface area contributed by atoms with Crippen molar-refractivity contribution < 1.29 is 14.3 Å². The minimum atomic E-state index is -0.467. The summed E-state index contributed by atoms with van der Waals surface area (Å²) in [5.74, 6) is 0.0412. The first-order valence-corrected chi connectivity index (χ1v) is 9.16. The highest BCUT2D eigenvalue weighted by molar-refractivity contribution is 5.75. The summed E-state index contributed by atoms with van der Waals surface area (Å²) in [5.41, 5.74) is -0.467. The Balaban J connectivity index is 2.56. The third kappa shape index (κ3) is 7.99. The average Bonchev–Trinajstić information content (AvgIpc) is 2.70. The molecular formula is C18H35N3O3. The number of carbonyl (C=O) groups is 2. The fourth-order valence-electron chi connectivity index (χ4n) is 3.03. The molecule has 1 aliphatic heterocycles. The fourth-order valence-corrected chi connectivity index (χ4v) is 3.03. The predicted octanol–water partition coefficient (Wildman–Crippen LogP) is 2.67. The Morgan fingerprint density at radius 3 is 2.58 bits per heavy atom. The number of hydrogen-bond donors (Lipinski definition) is 2. The molecule has 2 atom stereocenters. The van der Waals surface area contributed by atoms with E-state index in [2.05, 4.69) is 17.6 Å². The number of ether oxygens (including phenoxy) is 1. The maximum Gasteiger partial charge on any atom is 0.410 e. The number of amides is 2. The molecule has 6 heteroatoms. The molecule has 24 heavy (non-hydrogen) atoms. The summed E-state index contributed by atoms with van der Waals surface area (Å²) in [6.07, 6.45) is 5.51. The quantitative estimate of drug-likeness (QED) is 0.779. The molecular weight excluding hydrogens is 306 g/mol. The highest BCUT2D eigenvalue weighted by Crippen LogP contribution is 2.23. The number of carbonyl (C=O) groups excluding carboxylic acids is 2. The van der Waals surface area contributed by atoms with Gasteiger partial charge in [-0.3, -0.25) is 4.79 Å². The van der Waals surface area contributed by atoms with Gasteiger partial charge in [0.05, 0.1) is 0 Å². The molecule has 1 saturated heterocycles. The van der Waals surface area contributed by atoms with Crippen LogP contribution in [0.25, 0.3) is 0 Å². The van der Waals surface area contributed by atoms with Gasteiger partial charge in [0.15, 0.2) is 0 Å². The summed E-state index contributed by atoms with van der Waals surface area (Å²) < 4.78 is 5.59. The predicted molar refractivity (Wildman–Crippen MR) is 96.0 cm³/mol. The van der Waals surface area contributed by atoms with Crippen LogP contribution in [0.5, 0.6) is 0 Å². The summed E-state index contributed by atoms with van der Waals surface area (Å²) in [6.45, 7) is 9.24. The molecule has 0 aromatic carbocycles. The summed E-state index contributed by atoms with van der Waals surface area (Å²) in [4.78, 5) is 25.7. The van der Waals surface area contributed by atoms with Crippen molar-refractivity contribution >= 4 is 12.0 Å². The lowest BCUT2D eigenvalue weighted by molar-refractivity contribution is -0.120. The van der Waals surface area contributed by atoms with Crippen molar-refractivity contribution in [2.24, 2.45) is 0 Å². The Kier molecular flexibility index (Phi) is 8.53. The molecule has 2 N–H and O–H groups in total. The molecule has 0 bridgehead atoms. The van der Waals surface area contributed by atoms with Crippen LogP contribution in [0.2, 0.25) is 0 Å². The van der Waals surface area contributed by atoms with Gasteiger partial charge in [0.2, 0.25) is 5.91 Å². The van der Waals surface area contributed by atoms with Crippen molar-refractivity contribution in [1.82, 2.24) is 15.5 Å². The van der Waals surface area contributed by atoms with Gasteiger partial charge >= 0.3 is 6.09 Å². The molecule has 0 saturated carbocycles. The van der Waals surface area contributed by atoms with E-state index in [0.717, 1.165) is 38.6 Å². The monoisotopic (exact) mass is 341 g/mol. The lowest BCUT2D eigenvalue weighted by atomic mass is 10.0. The van der Waals surface area contributed by atoms with Crippen molar-refractivity contribution in [2.75, 3.05) is 20.1 Å². The topological polar surface area (TPSA) is 70.7 Å². The lowest BCUT2D eigenvalue weighted by Gasteiger charge is -2.33. The highest BCUT2D eigenvalue weighted by Gasteiger charge is 2.30. The minimum absolute atomic E-state index is 0.0412. The van der Waals surface area contributed by atoms with Crippen LogP contribution in [-0.2, 0) is 9.53 Å². The Bertz CT molecular complexity index is 407. The van der Waals surface area contributed by atoms with E-state index in [-0.39, 0.29) is 24.1 Å². The van der Waals surface area contributed by atoms with Crippen molar-refractivity contribution in [1.29, 1.82) is 0 Å². The van der Waals surface area contributed by atoms with Gasteiger partial charge in [0, 0.05) is 38.6 Å². The molecule has 0 aromatic rings. The van der Waals surface area contributed by atoms with E-state index in [9.17, 15) is 9.59 Å². The third-order valence-corrected chi connectivity index (χ3v) is 4.25. The first-order valence-electron chi connectivity index (χ1n) is 9.16. The van der Waals surface area contributed by atoms with Crippen molar-refractivity contribution in [2.45, 2.75) is 83.9 Å². The highest BCUT2D eigenvalue weighted by atomic mass is 16.6. The van der Waals surface area contributed by atoms with Crippen LogP contribution < -0.4 is 10.6 Å². The molecule has 2 unspecified atom stereocenters. The molecule has 1 rings (SSSR count). The maximum absolute atomic E-state index is 12.5. The van der Waals surface area contributed by atoms with E-state index in [1.807, 2.05) is 25.7 Å². The molecule has 0 spiro atoms. The van der Waals surface area contributed by atoms with Crippen molar-refractivity contribution in [3.05, 3.63) is 0 Å². The minimum Gasteiger partial charge on any atom is -0.444 e. The first kappa shape index (κ1) is 20.7. The van der Waals surface area contributed by atoms with Crippen LogP contribution in [0.15, 0.2) is 0 Å². The fraction of sp³-hybridized carbons (Fsp3) is 0.889. The zero-order valence-corrected chi connectivity index (χ0v) is 16.0. The van der Waals surface area contributed by atoms with Crippen molar-refractivity contribution in [3.63, 3.8) is 0 Å². The van der Waals surface area contributed by atoms with Crippen LogP contribution in [0.3, 0.4) is 0 Å². The number of rotatable bonds is 6. The molecule has 140 valence electrons. The van der Waals surface area contributed by atoms with Gasteiger partial charge in [0.25, 0.3) is 0 Å². The molecule has 6 nitrogen and oxygen atoms in total. The van der Waals surface area contributed by atoms with E-state index >= 15 is 0 Å². The van der Waals surface area contributed by atoms with E-state index in [1.54, 1.807) is 7.05 Å². The second kappa shape index (κ2) is 9.87. The zero-order valence-electron chi connectivity index (χ0n) is 16.0. The molecule has 0 aliphatic carbocycles. The summed E-state index contributed by atoms with van der Waals surface area (Å²) >= 11 is 0. The van der Waals surface area contributed by atoms with Gasteiger partial charge < -0.3 is 20.3 Å². The maximum atomic E-state index is 12.5. The number of nitrogens with one attached hydrogen (secondary N) is 2. The zero-order chi connectivity index (χ0) is 18.2. The van der Waals surface area contributed by atoms with E-state index in [4.69, 9.17) is 4.74 Å². The Morgan fingerprint density at radius 2 is 1.96 bits per heavy atom. The van der Waals surface area contributed by atoms with Gasteiger partial charge in [0.1, 0.15) is 5.60 Å². The summed E-state index contributed by atoms with van der Waals surface area (Å²) in [5, 5.41) is 6.01. The van der Waals surface area contributed by atoms with Gasteiger partial charge in [-0.1, -0.05) is 12.8 Å². The summed E-state index contributed by atoms with van der Waals surface area (Å²) in [6, 6.07) is 0.451. The van der Waals surface area contributed by atoms with E-state index in [0.29, 0.717) is 13.0 Å². The number of nitrogens with zero attached hydrogens (tertiary/aromatic N) is 1. The average molecular weight is 341 g/mol. The number of hydrogen-bond acceptors (Lipinski definition) is 4. The second-order valence-electron chi connectivity index (χ2n) is 7.69. The van der Waals surface area contributed by atoms with Gasteiger partial charge in [-0.05, 0) is 47.0 Å². The van der Waals surface area contributed by atoms with Crippen LogP contribution in [-0.4, -0.2) is 54.7 Å². The Labute approximate surface area is 146 Å². The van der Waals surface area contributed by atoms with Crippen molar-refractivity contribution in [3.8, 4) is 0 Å². The molecule has 1 fully saturated rings. The first-order chi connectivity index (χ1) is 11.2. The van der Waals surface area contributed by atoms with E-state index < -0.39 is 5.60 Å². The number of likely N-dealkylation sites (tertiary alicyclic amines) is 1.